The maximum atomic E-state index is 12.7. The second-order valence-corrected chi connectivity index (χ2v) is 6.58. The molecule has 0 spiro atoms. The summed E-state index contributed by atoms with van der Waals surface area (Å²) in [6, 6.07) is 8.70. The van der Waals surface area contributed by atoms with Crippen LogP contribution >= 0.6 is 0 Å². The van der Waals surface area contributed by atoms with Crippen molar-refractivity contribution in [1.29, 1.82) is 5.26 Å². The molecule has 4 N–H and O–H groups in total. The molecule has 0 saturated carbocycles. The van der Waals surface area contributed by atoms with Gasteiger partial charge in [-0.1, -0.05) is 12.1 Å². The van der Waals surface area contributed by atoms with Crippen molar-refractivity contribution in [3.05, 3.63) is 35.4 Å². The number of amides is 2. The normalized spacial score (nSPS) is 15.2. The zero-order valence-electron chi connectivity index (χ0n) is 16.9. The number of ether oxygens (including phenoxy) is 2. The van der Waals surface area contributed by atoms with E-state index in [4.69, 9.17) is 25.3 Å². The van der Waals surface area contributed by atoms with Crippen LogP contribution in [0.5, 0.6) is 5.88 Å². The van der Waals surface area contributed by atoms with Crippen molar-refractivity contribution in [2.24, 2.45) is 0 Å². The van der Waals surface area contributed by atoms with Gasteiger partial charge in [-0.3, -0.25) is 14.4 Å². The smallest absolute Gasteiger partial charge is 0.284 e. The van der Waals surface area contributed by atoms with Gasteiger partial charge in [0.05, 0.1) is 24.8 Å². The number of likely N-dealkylation sites (N-methyl/N-ethyl adjacent to an activating group) is 1. The van der Waals surface area contributed by atoms with E-state index in [1.165, 1.54) is 0 Å². The third-order valence-electron chi connectivity index (χ3n) is 4.29. The van der Waals surface area contributed by atoms with Crippen molar-refractivity contribution < 1.29 is 23.9 Å². The first-order valence-electron chi connectivity index (χ1n) is 9.63. The van der Waals surface area contributed by atoms with Crippen LogP contribution in [0.4, 0.5) is 5.82 Å². The summed E-state index contributed by atoms with van der Waals surface area (Å²) in [4.78, 5) is 37.7. The summed E-state index contributed by atoms with van der Waals surface area (Å²) in [5, 5.41) is 11.7. The Labute approximate surface area is 178 Å². The van der Waals surface area contributed by atoms with Crippen molar-refractivity contribution in [3.63, 3.8) is 0 Å². The van der Waals surface area contributed by atoms with Crippen LogP contribution in [0.3, 0.4) is 0 Å². The molecule has 3 rings (SSSR count). The lowest BCUT2D eigenvalue weighted by molar-refractivity contribution is -0.127. The van der Waals surface area contributed by atoms with Crippen LogP contribution < -0.4 is 21.3 Å². The molecule has 1 saturated heterocycles. The zero-order valence-corrected chi connectivity index (χ0v) is 16.9. The molecule has 1 aliphatic heterocycles. The van der Waals surface area contributed by atoms with E-state index in [9.17, 15) is 9.59 Å². The summed E-state index contributed by atoms with van der Waals surface area (Å²) in [5.41, 5.74) is 9.06. The predicted molar refractivity (Wildman–Crippen MR) is 109 cm³/mol. The van der Waals surface area contributed by atoms with Gasteiger partial charge < -0.3 is 20.5 Å². The summed E-state index contributed by atoms with van der Waals surface area (Å²) >= 11 is 0. The van der Waals surface area contributed by atoms with Gasteiger partial charge in [0.2, 0.25) is 11.8 Å². The maximum Gasteiger partial charge on any atom is 0.284 e. The fourth-order valence-corrected chi connectivity index (χ4v) is 2.84. The second-order valence-electron chi connectivity index (χ2n) is 6.58. The van der Waals surface area contributed by atoms with Crippen molar-refractivity contribution in [2.45, 2.75) is 19.4 Å². The molecule has 1 atom stereocenters. The minimum Gasteiger partial charge on any atom is -0.471 e. The van der Waals surface area contributed by atoms with E-state index in [0.29, 0.717) is 37.3 Å². The Balaban J connectivity index is 1.88. The van der Waals surface area contributed by atoms with E-state index in [1.54, 1.807) is 31.2 Å². The van der Waals surface area contributed by atoms with Crippen LogP contribution in [0.1, 0.15) is 29.3 Å². The number of rotatable bonds is 8. The van der Waals surface area contributed by atoms with Gasteiger partial charge in [0, 0.05) is 18.5 Å². The van der Waals surface area contributed by atoms with Gasteiger partial charge in [-0.15, -0.1) is 0 Å². The molecule has 1 fully saturated rings. The number of nitrogens with one attached hydrogen (secondary N) is 2. The minimum atomic E-state index is -0.756. The Hall–Kier alpha value is -3.75. The van der Waals surface area contributed by atoms with Crippen LogP contribution in [0.25, 0.3) is 11.4 Å². The molecule has 0 unspecified atom stereocenters. The molecule has 2 amide bonds. The lowest BCUT2D eigenvalue weighted by atomic mass is 10.1. The fourth-order valence-electron chi connectivity index (χ4n) is 2.84. The van der Waals surface area contributed by atoms with Gasteiger partial charge in [-0.25, -0.2) is 10.5 Å². The summed E-state index contributed by atoms with van der Waals surface area (Å²) in [6.45, 7) is 2.70. The van der Waals surface area contributed by atoms with Crippen LogP contribution in [-0.2, 0) is 14.4 Å². The van der Waals surface area contributed by atoms with Gasteiger partial charge in [0.1, 0.15) is 17.5 Å². The Bertz CT molecular complexity index is 1000. The van der Waals surface area contributed by atoms with Crippen LogP contribution in [-0.4, -0.2) is 54.3 Å². The molecule has 0 bridgehead atoms. The lowest BCUT2D eigenvalue weighted by Crippen LogP contribution is -2.33. The number of nitrogens with two attached hydrogens (primary N) is 1. The summed E-state index contributed by atoms with van der Waals surface area (Å²) in [6.07, 6.45) is 0.313. The molecule has 1 aromatic carbocycles. The highest BCUT2D eigenvalue weighted by molar-refractivity contribution is 6.00. The van der Waals surface area contributed by atoms with Gasteiger partial charge >= 0.3 is 0 Å². The standard InChI is InChI=1S/C20H22N6O5/c1-2-23-15(27)11-30-26-19(28)16-17(22)24-18(13-5-3-4-12(8-13)9-21)25-20(16)31-14-6-7-29-10-14/h3-5,8,14H,2,6-7,10-11H2,1H3,(H,23,27)(H,26,28)(H2,22,24,25)/t14-/m0/s1. The SMILES string of the molecule is CCNC(=O)CONC(=O)c1c(N)nc(-c2cccc(C#N)c2)nc1O[C@H]1CCOC1. The average Bonchev–Trinajstić information content (AvgIpc) is 3.26. The summed E-state index contributed by atoms with van der Waals surface area (Å²) in [5.74, 6) is -1.13. The van der Waals surface area contributed by atoms with Gasteiger partial charge in [-0.05, 0) is 19.1 Å². The fraction of sp³-hybridized carbons (Fsp3) is 0.350. The number of carbonyl (C=O) groups excluding carboxylic acids is 2. The number of hydrogen-bond donors (Lipinski definition) is 3. The largest absolute Gasteiger partial charge is 0.471 e. The number of anilines is 1. The molecule has 0 radical (unpaired) electrons. The summed E-state index contributed by atoms with van der Waals surface area (Å²) < 4.78 is 11.2. The Morgan fingerprint density at radius 1 is 1.39 bits per heavy atom. The van der Waals surface area contributed by atoms with E-state index >= 15 is 0 Å². The quantitative estimate of drug-likeness (QED) is 0.512. The molecular weight excluding hydrogens is 404 g/mol. The maximum absolute atomic E-state index is 12.7. The lowest BCUT2D eigenvalue weighted by Gasteiger charge is -2.16. The van der Waals surface area contributed by atoms with Crippen LogP contribution in [0, 0.1) is 11.3 Å². The summed E-state index contributed by atoms with van der Waals surface area (Å²) in [7, 11) is 0. The third-order valence-corrected chi connectivity index (χ3v) is 4.29. The van der Waals surface area contributed by atoms with E-state index in [0.717, 1.165) is 0 Å². The number of nitrogens with zero attached hydrogens (tertiary/aromatic N) is 3. The predicted octanol–water partition coefficient (Wildman–Crippen LogP) is 0.563. The van der Waals surface area contributed by atoms with Gasteiger partial charge in [-0.2, -0.15) is 10.2 Å². The number of carbonyl (C=O) groups is 2. The van der Waals surface area contributed by atoms with E-state index in [-0.39, 0.29) is 41.7 Å². The van der Waals surface area contributed by atoms with E-state index in [1.807, 2.05) is 6.07 Å². The highest BCUT2D eigenvalue weighted by Gasteiger charge is 2.26. The molecule has 2 heterocycles. The van der Waals surface area contributed by atoms with Crippen molar-refractivity contribution >= 4 is 17.6 Å². The molecule has 2 aromatic rings. The van der Waals surface area contributed by atoms with E-state index in [2.05, 4.69) is 20.8 Å². The van der Waals surface area contributed by atoms with Crippen molar-refractivity contribution in [1.82, 2.24) is 20.8 Å². The topological polar surface area (TPSA) is 161 Å². The Morgan fingerprint density at radius 2 is 2.23 bits per heavy atom. The number of nitriles is 1. The number of nitrogen functional groups attached to an aromatic ring is 1. The van der Waals surface area contributed by atoms with Gasteiger partial charge in [0.25, 0.3) is 5.91 Å². The molecule has 162 valence electrons. The Morgan fingerprint density at radius 3 is 2.94 bits per heavy atom. The molecule has 11 heteroatoms. The molecule has 31 heavy (non-hydrogen) atoms. The van der Waals surface area contributed by atoms with Crippen molar-refractivity contribution in [2.75, 3.05) is 32.1 Å². The molecule has 1 aliphatic rings. The molecule has 0 aliphatic carbocycles. The monoisotopic (exact) mass is 426 g/mol. The highest BCUT2D eigenvalue weighted by atomic mass is 16.7. The first kappa shape index (κ1) is 21.9. The van der Waals surface area contributed by atoms with E-state index < -0.39 is 5.91 Å². The van der Waals surface area contributed by atoms with Gasteiger partial charge in [0.15, 0.2) is 12.4 Å². The zero-order chi connectivity index (χ0) is 22.2. The highest BCUT2D eigenvalue weighted by Crippen LogP contribution is 2.28. The number of hydroxylamine groups is 1. The number of hydrogen-bond acceptors (Lipinski definition) is 9. The Kier molecular flexibility index (Phi) is 7.31. The van der Waals surface area contributed by atoms with Crippen LogP contribution in [0.2, 0.25) is 0 Å². The number of benzene rings is 1. The first-order valence-corrected chi connectivity index (χ1v) is 9.63. The third kappa shape index (κ3) is 5.65. The number of aromatic nitrogens is 2. The molecule has 1 aromatic heterocycles. The minimum absolute atomic E-state index is 0.0422. The second kappa shape index (κ2) is 10.3. The molecular formula is C20H22N6O5. The van der Waals surface area contributed by atoms with Crippen molar-refractivity contribution in [3.8, 4) is 23.3 Å². The first-order chi connectivity index (χ1) is 15.0. The van der Waals surface area contributed by atoms with Crippen LogP contribution in [0.15, 0.2) is 24.3 Å². The molecule has 11 nitrogen and oxygen atoms in total. The average molecular weight is 426 g/mol.